The summed E-state index contributed by atoms with van der Waals surface area (Å²) in [7, 11) is 0. The number of nitrogens with one attached hydrogen (secondary N) is 1. The van der Waals surface area contributed by atoms with Crippen molar-refractivity contribution in [3.63, 3.8) is 0 Å². The molecule has 1 atom stereocenters. The van der Waals surface area contributed by atoms with Gasteiger partial charge in [0.25, 0.3) is 5.91 Å². The van der Waals surface area contributed by atoms with E-state index in [-0.39, 0.29) is 11.3 Å². The first-order chi connectivity index (χ1) is 17.9. The maximum absolute atomic E-state index is 15.2. The molecule has 186 valence electrons. The van der Waals surface area contributed by atoms with Crippen molar-refractivity contribution in [2.45, 2.75) is 44.7 Å². The number of halogens is 2. The van der Waals surface area contributed by atoms with Gasteiger partial charge >= 0.3 is 0 Å². The fourth-order valence-electron chi connectivity index (χ4n) is 7.82. The van der Waals surface area contributed by atoms with Gasteiger partial charge in [-0.05, 0) is 92.2 Å². The van der Waals surface area contributed by atoms with Crippen LogP contribution < -0.4 is 5.32 Å². The molecule has 1 unspecified atom stereocenters. The van der Waals surface area contributed by atoms with E-state index >= 15 is 4.39 Å². The van der Waals surface area contributed by atoms with Crippen molar-refractivity contribution >= 4 is 22.9 Å². The standard InChI is InChI=1S/C30H26F2N4O/c31-22-5-6-23(25(32)10-22)24-11-27-34-26(21-3-1-17(16-33)2-4-21)12-28(37)36(27)35-29(24)30-13-18-7-19(14-30)9-20(8-18)15-30/h1-6,10-12,18-20,27,34H,7-9,13-15H2. The molecule has 5 nitrogen and oxygen atoms in total. The van der Waals surface area contributed by atoms with Gasteiger partial charge in [0.05, 0.1) is 17.3 Å². The van der Waals surface area contributed by atoms with Gasteiger partial charge in [-0.15, -0.1) is 0 Å². The Bertz CT molecular complexity index is 1410. The number of allylic oxidation sites excluding steroid dienone is 1. The number of rotatable bonds is 3. The van der Waals surface area contributed by atoms with Gasteiger partial charge in [-0.3, -0.25) is 4.79 Å². The van der Waals surface area contributed by atoms with E-state index in [9.17, 15) is 9.18 Å². The highest BCUT2D eigenvalue weighted by Gasteiger charge is 2.55. The maximum Gasteiger partial charge on any atom is 0.271 e. The molecule has 4 bridgehead atoms. The summed E-state index contributed by atoms with van der Waals surface area (Å²) in [6.45, 7) is 0. The van der Waals surface area contributed by atoms with Crippen LogP contribution in [0.1, 0.15) is 55.2 Å². The summed E-state index contributed by atoms with van der Waals surface area (Å²) in [5.41, 5.74) is 3.47. The molecule has 7 heteroatoms. The second kappa shape index (κ2) is 8.11. The number of benzene rings is 2. The summed E-state index contributed by atoms with van der Waals surface area (Å²) in [6, 6.07) is 12.8. The average Bonchev–Trinajstić information content (AvgIpc) is 2.87. The maximum atomic E-state index is 15.2. The van der Waals surface area contributed by atoms with Crippen LogP contribution in [-0.4, -0.2) is 22.8 Å². The van der Waals surface area contributed by atoms with E-state index in [1.165, 1.54) is 42.5 Å². The Morgan fingerprint density at radius 2 is 1.68 bits per heavy atom. The lowest BCUT2D eigenvalue weighted by atomic mass is 9.47. The first-order valence-electron chi connectivity index (χ1n) is 13.0. The van der Waals surface area contributed by atoms with Gasteiger partial charge in [0.15, 0.2) is 0 Å². The van der Waals surface area contributed by atoms with Crippen LogP contribution in [0.2, 0.25) is 0 Å². The van der Waals surface area contributed by atoms with Crippen LogP contribution in [0.25, 0.3) is 11.3 Å². The van der Waals surface area contributed by atoms with Crippen LogP contribution in [0.3, 0.4) is 0 Å². The van der Waals surface area contributed by atoms with Crippen LogP contribution in [0.5, 0.6) is 0 Å². The zero-order chi connectivity index (χ0) is 25.3. The Morgan fingerprint density at radius 1 is 1.00 bits per heavy atom. The van der Waals surface area contributed by atoms with Gasteiger partial charge in [-0.25, -0.2) is 13.8 Å². The molecule has 4 aliphatic carbocycles. The smallest absolute Gasteiger partial charge is 0.271 e. The first kappa shape index (κ1) is 22.4. The van der Waals surface area contributed by atoms with E-state index in [0.717, 1.165) is 36.6 Å². The third-order valence-corrected chi connectivity index (χ3v) is 8.93. The first-order valence-corrected chi connectivity index (χ1v) is 13.0. The average molecular weight is 497 g/mol. The number of hydrazone groups is 1. The van der Waals surface area contributed by atoms with Crippen molar-refractivity contribution in [1.82, 2.24) is 10.3 Å². The van der Waals surface area contributed by atoms with Crippen molar-refractivity contribution in [2.24, 2.45) is 28.3 Å². The molecule has 2 aliphatic heterocycles. The number of carbonyl (C=O) groups is 1. The molecule has 0 spiro atoms. The summed E-state index contributed by atoms with van der Waals surface area (Å²) in [5, 5.41) is 18.9. The van der Waals surface area contributed by atoms with Crippen molar-refractivity contribution in [3.8, 4) is 6.07 Å². The molecule has 0 radical (unpaired) electrons. The van der Waals surface area contributed by atoms with E-state index < -0.39 is 17.8 Å². The van der Waals surface area contributed by atoms with Crippen molar-refractivity contribution in [2.75, 3.05) is 0 Å². The molecule has 6 aliphatic rings. The SMILES string of the molecule is N#Cc1ccc(C2=CC(=O)N3N=C(C45CC6CC(CC(C6)C4)C5)C(c4ccc(F)cc4F)=CC3N2)cc1. The summed E-state index contributed by atoms with van der Waals surface area (Å²) < 4.78 is 29.1. The molecule has 2 aromatic carbocycles. The molecule has 2 heterocycles. The highest BCUT2D eigenvalue weighted by molar-refractivity contribution is 6.27. The Hall–Kier alpha value is -3.79. The van der Waals surface area contributed by atoms with E-state index in [4.69, 9.17) is 10.4 Å². The summed E-state index contributed by atoms with van der Waals surface area (Å²) >= 11 is 0. The number of fused-ring (bicyclic) bond motifs is 1. The Balaban J connectivity index is 1.33. The lowest BCUT2D eigenvalue weighted by Gasteiger charge is -2.57. The van der Waals surface area contributed by atoms with Gasteiger partial charge in [-0.2, -0.15) is 10.4 Å². The Kier molecular flexibility index (Phi) is 4.91. The van der Waals surface area contributed by atoms with Gasteiger partial charge in [0.1, 0.15) is 17.8 Å². The quantitative estimate of drug-likeness (QED) is 0.601. The van der Waals surface area contributed by atoms with Crippen LogP contribution in [0, 0.1) is 46.1 Å². The fraction of sp³-hybridized carbons (Fsp3) is 0.367. The molecule has 1 amide bonds. The predicted octanol–water partition coefficient (Wildman–Crippen LogP) is 5.60. The van der Waals surface area contributed by atoms with Gasteiger partial charge in [0.2, 0.25) is 0 Å². The van der Waals surface area contributed by atoms with Crippen molar-refractivity contribution in [3.05, 3.63) is 82.9 Å². The van der Waals surface area contributed by atoms with Gasteiger partial charge in [0, 0.05) is 34.4 Å². The number of carbonyl (C=O) groups excluding carboxylic acids is 1. The zero-order valence-electron chi connectivity index (χ0n) is 20.3. The van der Waals surface area contributed by atoms with Crippen LogP contribution >= 0.6 is 0 Å². The Morgan fingerprint density at radius 3 is 2.30 bits per heavy atom. The number of hydrogen-bond acceptors (Lipinski definition) is 4. The molecule has 37 heavy (non-hydrogen) atoms. The molecule has 1 N–H and O–H groups in total. The monoisotopic (exact) mass is 496 g/mol. The van der Waals surface area contributed by atoms with E-state index in [2.05, 4.69) is 11.4 Å². The molecule has 0 saturated heterocycles. The van der Waals surface area contributed by atoms with Crippen LogP contribution in [0.4, 0.5) is 8.78 Å². The van der Waals surface area contributed by atoms with E-state index in [1.54, 1.807) is 24.3 Å². The topological polar surface area (TPSA) is 68.5 Å². The summed E-state index contributed by atoms with van der Waals surface area (Å²) in [4.78, 5) is 13.4. The van der Waals surface area contributed by atoms with Gasteiger partial charge in [-0.1, -0.05) is 12.1 Å². The van der Waals surface area contributed by atoms with Crippen LogP contribution in [0.15, 0.2) is 59.7 Å². The summed E-state index contributed by atoms with van der Waals surface area (Å²) in [5.74, 6) is 0.434. The van der Waals surface area contributed by atoms with Gasteiger partial charge < -0.3 is 5.32 Å². The molecular formula is C30H26F2N4O. The van der Waals surface area contributed by atoms with Crippen LogP contribution in [-0.2, 0) is 4.79 Å². The summed E-state index contributed by atoms with van der Waals surface area (Å²) in [6.07, 6.45) is 9.56. The molecule has 4 fully saturated rings. The minimum absolute atomic E-state index is 0.191. The normalized spacial score (nSPS) is 31.6. The molecule has 0 aromatic heterocycles. The Labute approximate surface area is 214 Å². The zero-order valence-corrected chi connectivity index (χ0v) is 20.3. The molecule has 2 aromatic rings. The number of nitrogens with zero attached hydrogens (tertiary/aromatic N) is 3. The highest BCUT2D eigenvalue weighted by Crippen LogP contribution is 2.62. The highest BCUT2D eigenvalue weighted by atomic mass is 19.1. The number of amides is 1. The molecule has 4 saturated carbocycles. The van der Waals surface area contributed by atoms with E-state index in [0.29, 0.717) is 40.2 Å². The fourth-order valence-corrected chi connectivity index (χ4v) is 7.82. The third kappa shape index (κ3) is 3.61. The van der Waals surface area contributed by atoms with Crippen molar-refractivity contribution in [1.29, 1.82) is 5.26 Å². The minimum atomic E-state index is -0.623. The molecule has 8 rings (SSSR count). The second-order valence-electron chi connectivity index (χ2n) is 11.4. The lowest BCUT2D eigenvalue weighted by Crippen LogP contribution is -2.55. The largest absolute Gasteiger partial charge is 0.360 e. The molecular weight excluding hydrogens is 470 g/mol. The number of hydrogen-bond donors (Lipinski definition) is 1. The number of nitriles is 1. The predicted molar refractivity (Wildman–Crippen MR) is 135 cm³/mol. The lowest BCUT2D eigenvalue weighted by molar-refractivity contribution is -0.128. The second-order valence-corrected chi connectivity index (χ2v) is 11.4. The van der Waals surface area contributed by atoms with E-state index in [1.807, 2.05) is 6.08 Å². The third-order valence-electron chi connectivity index (χ3n) is 8.93. The van der Waals surface area contributed by atoms with Crippen molar-refractivity contribution < 1.29 is 13.6 Å². The minimum Gasteiger partial charge on any atom is -0.360 e.